The van der Waals surface area contributed by atoms with Crippen LogP contribution in [0.3, 0.4) is 0 Å². The van der Waals surface area contributed by atoms with Crippen molar-refractivity contribution in [2.75, 3.05) is 19.0 Å². The molecule has 11 heteroatoms. The van der Waals surface area contributed by atoms with Crippen LogP contribution in [0, 0.1) is 5.82 Å². The zero-order chi connectivity index (χ0) is 25.9. The van der Waals surface area contributed by atoms with Gasteiger partial charge in [-0.3, -0.25) is 14.4 Å². The molecule has 0 aliphatic rings. The van der Waals surface area contributed by atoms with Crippen LogP contribution in [0.2, 0.25) is 0 Å². The summed E-state index contributed by atoms with van der Waals surface area (Å²) >= 11 is 3.34. The summed E-state index contributed by atoms with van der Waals surface area (Å²) in [6, 6.07) is 17.3. The molecule has 0 saturated heterocycles. The Balaban J connectivity index is 1.51. The molecule has 0 spiro atoms. The van der Waals surface area contributed by atoms with E-state index in [1.807, 2.05) is 0 Å². The molecule has 3 N–H and O–H groups in total. The van der Waals surface area contributed by atoms with Gasteiger partial charge in [-0.2, -0.15) is 5.10 Å². The first-order chi connectivity index (χ1) is 17.3. The summed E-state index contributed by atoms with van der Waals surface area (Å²) in [5.41, 5.74) is 3.81. The fourth-order valence-corrected chi connectivity index (χ4v) is 3.22. The average molecular weight is 557 g/mol. The largest absolute Gasteiger partial charge is 0.497 e. The molecule has 3 amide bonds. The predicted molar refractivity (Wildman–Crippen MR) is 135 cm³/mol. The van der Waals surface area contributed by atoms with E-state index in [0.717, 1.165) is 5.56 Å². The maximum Gasteiger partial charge on any atom is 0.329 e. The topological polar surface area (TPSA) is 118 Å². The second-order valence-electron chi connectivity index (χ2n) is 7.26. The van der Waals surface area contributed by atoms with Crippen LogP contribution in [-0.2, 0) is 20.9 Å². The lowest BCUT2D eigenvalue weighted by Crippen LogP contribution is -2.37. The Hall–Kier alpha value is -4.25. The third kappa shape index (κ3) is 8.20. The number of hydrazone groups is 1. The highest BCUT2D eigenvalue weighted by atomic mass is 79.9. The molecule has 0 bridgehead atoms. The van der Waals surface area contributed by atoms with Gasteiger partial charge in [-0.15, -0.1) is 0 Å². The van der Waals surface area contributed by atoms with Crippen LogP contribution in [0.1, 0.15) is 11.1 Å². The van der Waals surface area contributed by atoms with Gasteiger partial charge in [-0.1, -0.05) is 28.1 Å². The number of nitrogens with zero attached hydrogens (tertiary/aromatic N) is 1. The van der Waals surface area contributed by atoms with Gasteiger partial charge in [0.2, 0.25) is 0 Å². The lowest BCUT2D eigenvalue weighted by molar-refractivity contribution is -0.139. The molecule has 3 rings (SSSR count). The van der Waals surface area contributed by atoms with E-state index in [9.17, 15) is 18.8 Å². The van der Waals surface area contributed by atoms with Gasteiger partial charge < -0.3 is 20.1 Å². The van der Waals surface area contributed by atoms with Gasteiger partial charge in [0, 0.05) is 22.3 Å². The molecule has 3 aromatic carbocycles. The van der Waals surface area contributed by atoms with Crippen LogP contribution in [0.15, 0.2) is 76.3 Å². The average Bonchev–Trinajstić information content (AvgIpc) is 2.88. The number of methoxy groups -OCH3 is 1. The number of anilines is 1. The number of hydrogen-bond acceptors (Lipinski definition) is 6. The molecule has 0 radical (unpaired) electrons. The summed E-state index contributed by atoms with van der Waals surface area (Å²) in [4.78, 5) is 36.2. The molecule has 36 heavy (non-hydrogen) atoms. The molecule has 0 saturated carbocycles. The predicted octanol–water partition coefficient (Wildman–Crippen LogP) is 3.38. The number of nitrogens with one attached hydrogen (secondary N) is 3. The summed E-state index contributed by atoms with van der Waals surface area (Å²) < 4.78 is 24.3. The Labute approximate surface area is 214 Å². The minimum absolute atomic E-state index is 0.156. The Kier molecular flexibility index (Phi) is 9.52. The van der Waals surface area contributed by atoms with Gasteiger partial charge in [-0.05, 0) is 60.2 Å². The molecule has 9 nitrogen and oxygen atoms in total. The highest BCUT2D eigenvalue weighted by molar-refractivity contribution is 9.10. The van der Waals surface area contributed by atoms with Crippen molar-refractivity contribution < 1.29 is 28.2 Å². The number of amides is 3. The van der Waals surface area contributed by atoms with Crippen molar-refractivity contribution in [3.8, 4) is 11.5 Å². The van der Waals surface area contributed by atoms with Crippen molar-refractivity contribution in [1.29, 1.82) is 0 Å². The van der Waals surface area contributed by atoms with E-state index in [1.54, 1.807) is 49.6 Å². The summed E-state index contributed by atoms with van der Waals surface area (Å²) in [5, 5.41) is 8.89. The number of rotatable bonds is 9. The maximum atomic E-state index is 13.0. The van der Waals surface area contributed by atoms with Crippen molar-refractivity contribution in [3.63, 3.8) is 0 Å². The minimum Gasteiger partial charge on any atom is -0.497 e. The van der Waals surface area contributed by atoms with Gasteiger partial charge >= 0.3 is 11.8 Å². The standard InChI is InChI=1S/C25H22BrFN4O5/c1-35-21-9-2-16(3-10-21)13-28-24(33)25(34)31-29-14-17-12-18(26)4-11-22(17)36-15-23(32)30-20-7-5-19(27)6-8-20/h2-12,14H,13,15H2,1H3,(H,28,33)(H,30,32)(H,31,34)/b29-14-. The van der Waals surface area contributed by atoms with Crippen LogP contribution in [0.25, 0.3) is 0 Å². The molecular weight excluding hydrogens is 535 g/mol. The Bertz CT molecular complexity index is 1250. The molecule has 0 atom stereocenters. The SMILES string of the molecule is COc1ccc(CNC(=O)C(=O)N/N=C\c2cc(Br)ccc2OCC(=O)Nc2ccc(F)cc2)cc1. The van der Waals surface area contributed by atoms with E-state index in [1.165, 1.54) is 30.5 Å². The summed E-state index contributed by atoms with van der Waals surface area (Å²) in [5.74, 6) is -1.67. The summed E-state index contributed by atoms with van der Waals surface area (Å²) in [6.45, 7) is -0.163. The number of carbonyl (C=O) groups is 3. The molecule has 0 heterocycles. The van der Waals surface area contributed by atoms with E-state index in [2.05, 4.69) is 37.1 Å². The number of carbonyl (C=O) groups excluding carboxylic acids is 3. The first-order valence-corrected chi connectivity index (χ1v) is 11.4. The van der Waals surface area contributed by atoms with Crippen LogP contribution in [0.5, 0.6) is 11.5 Å². The van der Waals surface area contributed by atoms with Crippen molar-refractivity contribution in [3.05, 3.63) is 88.1 Å². The van der Waals surface area contributed by atoms with Crippen molar-refractivity contribution in [2.24, 2.45) is 5.10 Å². The fraction of sp³-hybridized carbons (Fsp3) is 0.120. The van der Waals surface area contributed by atoms with Gasteiger partial charge in [0.15, 0.2) is 6.61 Å². The lowest BCUT2D eigenvalue weighted by atomic mass is 10.2. The summed E-state index contributed by atoms with van der Waals surface area (Å²) in [7, 11) is 1.55. The molecule has 0 unspecified atom stereocenters. The second kappa shape index (κ2) is 13.0. The first kappa shape index (κ1) is 26.4. The third-order valence-electron chi connectivity index (χ3n) is 4.65. The lowest BCUT2D eigenvalue weighted by Gasteiger charge is -2.10. The third-order valence-corrected chi connectivity index (χ3v) is 5.14. The van der Waals surface area contributed by atoms with Gasteiger partial charge in [-0.25, -0.2) is 9.82 Å². The first-order valence-electron chi connectivity index (χ1n) is 10.6. The Morgan fingerprint density at radius 1 is 1.00 bits per heavy atom. The van der Waals surface area contributed by atoms with Crippen molar-refractivity contribution >= 4 is 45.6 Å². The zero-order valence-corrected chi connectivity index (χ0v) is 20.7. The van der Waals surface area contributed by atoms with Gasteiger partial charge in [0.1, 0.15) is 17.3 Å². The molecule has 186 valence electrons. The van der Waals surface area contributed by atoms with E-state index in [4.69, 9.17) is 9.47 Å². The van der Waals surface area contributed by atoms with Gasteiger partial charge in [0.05, 0.1) is 13.3 Å². The Morgan fingerprint density at radius 2 is 1.72 bits per heavy atom. The number of hydrogen-bond donors (Lipinski definition) is 3. The highest BCUT2D eigenvalue weighted by Gasteiger charge is 2.13. The number of benzene rings is 3. The fourth-order valence-electron chi connectivity index (χ4n) is 2.84. The molecule has 0 aliphatic carbocycles. The van der Waals surface area contributed by atoms with Crippen LogP contribution in [0.4, 0.5) is 10.1 Å². The minimum atomic E-state index is -0.948. The highest BCUT2D eigenvalue weighted by Crippen LogP contribution is 2.22. The maximum absolute atomic E-state index is 13.0. The molecule has 0 fully saturated rings. The van der Waals surface area contributed by atoms with Crippen LogP contribution < -0.4 is 25.5 Å². The van der Waals surface area contributed by atoms with Crippen LogP contribution >= 0.6 is 15.9 Å². The van der Waals surface area contributed by atoms with Crippen molar-refractivity contribution in [1.82, 2.24) is 10.7 Å². The summed E-state index contributed by atoms with van der Waals surface area (Å²) in [6.07, 6.45) is 1.28. The van der Waals surface area contributed by atoms with E-state index < -0.39 is 23.5 Å². The van der Waals surface area contributed by atoms with E-state index >= 15 is 0 Å². The van der Waals surface area contributed by atoms with Gasteiger partial charge in [0.25, 0.3) is 5.91 Å². The molecule has 3 aromatic rings. The normalized spacial score (nSPS) is 10.5. The van der Waals surface area contributed by atoms with Crippen molar-refractivity contribution in [2.45, 2.75) is 6.54 Å². The molecular formula is C25H22BrFN4O5. The quantitative estimate of drug-likeness (QED) is 0.212. The van der Waals surface area contributed by atoms with Crippen LogP contribution in [-0.4, -0.2) is 37.7 Å². The zero-order valence-electron chi connectivity index (χ0n) is 19.1. The smallest absolute Gasteiger partial charge is 0.329 e. The van der Waals surface area contributed by atoms with E-state index in [-0.39, 0.29) is 13.2 Å². The Morgan fingerprint density at radius 3 is 2.42 bits per heavy atom. The monoisotopic (exact) mass is 556 g/mol. The second-order valence-corrected chi connectivity index (χ2v) is 8.17. The molecule has 0 aliphatic heterocycles. The number of ether oxygens (including phenoxy) is 2. The van der Waals surface area contributed by atoms with E-state index in [0.29, 0.717) is 27.2 Å². The molecule has 0 aromatic heterocycles. The number of halogens is 2.